The molecule has 0 radical (unpaired) electrons. The van der Waals surface area contributed by atoms with Crippen molar-refractivity contribution in [2.45, 2.75) is 26.2 Å². The normalized spacial score (nSPS) is 11.6. The van der Waals surface area contributed by atoms with Crippen molar-refractivity contribution < 1.29 is 12.6 Å². The molecule has 16 heavy (non-hydrogen) atoms. The molecule has 0 N–H and O–H groups in total. The average molecular weight is 242 g/mol. The lowest BCUT2D eigenvalue weighted by atomic mass is 10.1. The molecule has 0 heterocycles. The Kier molecular flexibility index (Phi) is 4.96. The van der Waals surface area contributed by atoms with Crippen LogP contribution in [0, 0.1) is 0 Å². The fraction of sp³-hybridized carbons (Fsp3) is 0.500. The van der Waals surface area contributed by atoms with Crippen LogP contribution >= 0.6 is 0 Å². The molecular weight excluding hydrogens is 224 g/mol. The maximum atomic E-state index is 10.7. The Morgan fingerprint density at radius 2 is 1.56 bits per heavy atom. The molecule has 0 saturated carbocycles. The first kappa shape index (κ1) is 13.2. The van der Waals surface area contributed by atoms with E-state index in [1.165, 1.54) is 5.56 Å². The van der Waals surface area contributed by atoms with Gasteiger partial charge in [0.1, 0.15) is 0 Å². The van der Waals surface area contributed by atoms with Crippen molar-refractivity contribution >= 4 is 10.1 Å². The van der Waals surface area contributed by atoms with Crippen LogP contribution in [0.4, 0.5) is 0 Å². The Balaban J connectivity index is 2.43. The van der Waals surface area contributed by atoms with E-state index in [0.29, 0.717) is 6.42 Å². The molecule has 0 aliphatic rings. The lowest BCUT2D eigenvalue weighted by molar-refractivity contribution is 0.326. The van der Waals surface area contributed by atoms with Crippen LogP contribution < -0.4 is 0 Å². The molecule has 0 atom stereocenters. The van der Waals surface area contributed by atoms with Gasteiger partial charge in [0.15, 0.2) is 0 Å². The van der Waals surface area contributed by atoms with Crippen LogP contribution in [0.25, 0.3) is 0 Å². The van der Waals surface area contributed by atoms with Gasteiger partial charge in [-0.1, -0.05) is 37.6 Å². The van der Waals surface area contributed by atoms with Crippen LogP contribution in [-0.4, -0.2) is 21.3 Å². The molecule has 3 nitrogen and oxygen atoms in total. The van der Waals surface area contributed by atoms with Gasteiger partial charge in [0.2, 0.25) is 0 Å². The first-order valence-electron chi connectivity index (χ1n) is 5.43. The van der Waals surface area contributed by atoms with E-state index in [2.05, 4.69) is 23.2 Å². The van der Waals surface area contributed by atoms with Gasteiger partial charge in [-0.15, -0.1) is 0 Å². The molecule has 0 amide bonds. The Morgan fingerprint density at radius 3 is 2.00 bits per heavy atom. The zero-order valence-corrected chi connectivity index (χ0v) is 10.6. The van der Waals surface area contributed by atoms with Crippen molar-refractivity contribution in [2.75, 3.05) is 12.9 Å². The second-order valence-electron chi connectivity index (χ2n) is 3.84. The largest absolute Gasteiger partial charge is 0.270 e. The van der Waals surface area contributed by atoms with E-state index in [0.717, 1.165) is 24.7 Å². The minimum absolute atomic E-state index is 0.214. The lowest BCUT2D eigenvalue weighted by Gasteiger charge is -2.03. The molecule has 1 rings (SSSR count). The molecule has 4 heteroatoms. The topological polar surface area (TPSA) is 43.4 Å². The number of aryl methyl sites for hydroxylation is 1. The highest BCUT2D eigenvalue weighted by Crippen LogP contribution is 2.07. The highest BCUT2D eigenvalue weighted by molar-refractivity contribution is 7.85. The van der Waals surface area contributed by atoms with Crippen molar-refractivity contribution in [3.63, 3.8) is 0 Å². The predicted octanol–water partition coefficient (Wildman–Crippen LogP) is 2.16. The minimum atomic E-state index is -3.31. The lowest BCUT2D eigenvalue weighted by Crippen LogP contribution is -2.06. The van der Waals surface area contributed by atoms with Crippen LogP contribution in [0.5, 0.6) is 0 Å². The highest BCUT2D eigenvalue weighted by Gasteiger charge is 2.01. The molecule has 0 aliphatic carbocycles. The Bertz CT molecular complexity index is 406. The second-order valence-corrected chi connectivity index (χ2v) is 5.49. The maximum Gasteiger partial charge on any atom is 0.264 e. The van der Waals surface area contributed by atoms with Gasteiger partial charge in [-0.2, -0.15) is 8.42 Å². The maximum absolute atomic E-state index is 10.7. The molecular formula is C12H18O3S. The number of hydrogen-bond acceptors (Lipinski definition) is 3. The molecule has 0 aliphatic heterocycles. The van der Waals surface area contributed by atoms with Gasteiger partial charge in [0.25, 0.3) is 10.1 Å². The zero-order chi connectivity index (χ0) is 12.0. The summed E-state index contributed by atoms with van der Waals surface area (Å²) >= 11 is 0. The van der Waals surface area contributed by atoms with E-state index in [-0.39, 0.29) is 6.61 Å². The summed E-state index contributed by atoms with van der Waals surface area (Å²) in [5.41, 5.74) is 2.42. The molecule has 0 saturated heterocycles. The first-order chi connectivity index (χ1) is 7.51. The van der Waals surface area contributed by atoms with Gasteiger partial charge < -0.3 is 0 Å². The van der Waals surface area contributed by atoms with Gasteiger partial charge in [-0.25, -0.2) is 0 Å². The van der Waals surface area contributed by atoms with Crippen molar-refractivity contribution in [2.24, 2.45) is 0 Å². The third-order valence-electron chi connectivity index (χ3n) is 2.25. The Labute approximate surface area is 97.6 Å². The monoisotopic (exact) mass is 242 g/mol. The van der Waals surface area contributed by atoms with Crippen LogP contribution in [0.2, 0.25) is 0 Å². The molecule has 90 valence electrons. The fourth-order valence-electron chi connectivity index (χ4n) is 1.47. The number of benzene rings is 1. The van der Waals surface area contributed by atoms with E-state index in [4.69, 9.17) is 0 Å². The van der Waals surface area contributed by atoms with Crippen LogP contribution in [-0.2, 0) is 27.1 Å². The molecule has 1 aromatic carbocycles. The summed E-state index contributed by atoms with van der Waals surface area (Å²) in [6.07, 6.45) is 3.91. The van der Waals surface area contributed by atoms with Gasteiger partial charge in [-0.3, -0.25) is 4.18 Å². The SMILES string of the molecule is CCCc1ccc(CCOS(C)(=O)=O)cc1. The third kappa shape index (κ3) is 5.28. The summed E-state index contributed by atoms with van der Waals surface area (Å²) in [5, 5.41) is 0. The van der Waals surface area contributed by atoms with Gasteiger partial charge in [0, 0.05) is 0 Å². The first-order valence-corrected chi connectivity index (χ1v) is 7.25. The van der Waals surface area contributed by atoms with Crippen molar-refractivity contribution in [3.05, 3.63) is 35.4 Å². The van der Waals surface area contributed by atoms with E-state index < -0.39 is 10.1 Å². The zero-order valence-electron chi connectivity index (χ0n) is 9.77. The highest BCUT2D eigenvalue weighted by atomic mass is 32.2. The van der Waals surface area contributed by atoms with Gasteiger partial charge in [0.05, 0.1) is 12.9 Å². The standard InChI is InChI=1S/C12H18O3S/c1-3-4-11-5-7-12(8-6-11)9-10-15-16(2,13)14/h5-8H,3-4,9-10H2,1-2H3. The molecule has 0 spiro atoms. The quantitative estimate of drug-likeness (QED) is 0.718. The van der Waals surface area contributed by atoms with Crippen molar-refractivity contribution in [1.29, 1.82) is 0 Å². The molecule has 1 aromatic rings. The second kappa shape index (κ2) is 6.01. The van der Waals surface area contributed by atoms with E-state index >= 15 is 0 Å². The third-order valence-corrected chi connectivity index (χ3v) is 2.84. The van der Waals surface area contributed by atoms with E-state index in [9.17, 15) is 8.42 Å². The molecule has 0 unspecified atom stereocenters. The molecule has 0 bridgehead atoms. The van der Waals surface area contributed by atoms with Gasteiger partial charge >= 0.3 is 0 Å². The molecule has 0 aromatic heterocycles. The Morgan fingerprint density at radius 1 is 1.06 bits per heavy atom. The van der Waals surface area contributed by atoms with Crippen LogP contribution in [0.1, 0.15) is 24.5 Å². The summed E-state index contributed by atoms with van der Waals surface area (Å²) in [6, 6.07) is 8.21. The van der Waals surface area contributed by atoms with Crippen molar-refractivity contribution in [3.8, 4) is 0 Å². The van der Waals surface area contributed by atoms with Crippen LogP contribution in [0.15, 0.2) is 24.3 Å². The average Bonchev–Trinajstić information content (AvgIpc) is 2.19. The van der Waals surface area contributed by atoms with Crippen LogP contribution in [0.3, 0.4) is 0 Å². The summed E-state index contributed by atoms with van der Waals surface area (Å²) in [6.45, 7) is 2.36. The van der Waals surface area contributed by atoms with E-state index in [1.54, 1.807) is 0 Å². The minimum Gasteiger partial charge on any atom is -0.270 e. The summed E-state index contributed by atoms with van der Waals surface area (Å²) in [5.74, 6) is 0. The van der Waals surface area contributed by atoms with Gasteiger partial charge in [-0.05, 0) is 24.0 Å². The fourth-order valence-corrected chi connectivity index (χ4v) is 1.86. The summed E-state index contributed by atoms with van der Waals surface area (Å²) in [4.78, 5) is 0. The Hall–Kier alpha value is -0.870. The van der Waals surface area contributed by atoms with E-state index in [1.807, 2.05) is 12.1 Å². The molecule has 0 fully saturated rings. The smallest absolute Gasteiger partial charge is 0.264 e. The summed E-state index contributed by atoms with van der Waals surface area (Å²) < 4.78 is 26.2. The number of rotatable bonds is 6. The number of hydrogen-bond donors (Lipinski definition) is 0. The van der Waals surface area contributed by atoms with Crippen molar-refractivity contribution in [1.82, 2.24) is 0 Å². The predicted molar refractivity (Wildman–Crippen MR) is 64.9 cm³/mol. The summed E-state index contributed by atoms with van der Waals surface area (Å²) in [7, 11) is -3.31.